The quantitative estimate of drug-likeness (QED) is 0.848. The van der Waals surface area contributed by atoms with Gasteiger partial charge < -0.3 is 10.1 Å². The number of rotatable bonds is 3. The number of Topliss-reactive ketones (excluding diaryl/α,β-unsaturated/α-hetero) is 1. The first-order valence-corrected chi connectivity index (χ1v) is 7.12. The van der Waals surface area contributed by atoms with E-state index in [-0.39, 0.29) is 5.92 Å². The van der Waals surface area contributed by atoms with Gasteiger partial charge in [-0.2, -0.15) is 0 Å². The second-order valence-corrected chi connectivity index (χ2v) is 5.85. The van der Waals surface area contributed by atoms with Crippen molar-refractivity contribution in [2.75, 3.05) is 7.11 Å². The van der Waals surface area contributed by atoms with Crippen molar-refractivity contribution < 1.29 is 9.53 Å². The molecule has 2 atom stereocenters. The van der Waals surface area contributed by atoms with Crippen LogP contribution in [0, 0.1) is 12.8 Å². The molecule has 19 heavy (non-hydrogen) atoms. The van der Waals surface area contributed by atoms with E-state index < -0.39 is 0 Å². The van der Waals surface area contributed by atoms with Crippen LogP contribution in [0.3, 0.4) is 0 Å². The molecule has 2 heterocycles. The standard InChI is InChI=1S/C16H21NO2/c1-10-3-6-14(19-2)9-15(10)16(18)11-7-12-4-5-13(8-11)17-12/h3,6,9,11-13,17H,4-5,7-8H2,1-2H3. The lowest BCUT2D eigenvalue weighted by Gasteiger charge is -2.28. The third-order valence-electron chi connectivity index (χ3n) is 4.55. The zero-order chi connectivity index (χ0) is 13.4. The summed E-state index contributed by atoms with van der Waals surface area (Å²) in [5.74, 6) is 1.25. The number of ether oxygens (including phenoxy) is 1. The van der Waals surface area contributed by atoms with Crippen LogP contribution in [0.1, 0.15) is 41.6 Å². The van der Waals surface area contributed by atoms with Crippen molar-refractivity contribution in [1.82, 2.24) is 5.32 Å². The number of hydrogen-bond donors (Lipinski definition) is 1. The monoisotopic (exact) mass is 259 g/mol. The maximum atomic E-state index is 12.7. The number of hydrogen-bond acceptors (Lipinski definition) is 3. The van der Waals surface area contributed by atoms with Gasteiger partial charge in [-0.05, 0) is 50.3 Å². The third-order valence-corrected chi connectivity index (χ3v) is 4.55. The lowest BCUT2D eigenvalue weighted by atomic mass is 9.84. The Morgan fingerprint density at radius 1 is 1.26 bits per heavy atom. The maximum absolute atomic E-state index is 12.7. The van der Waals surface area contributed by atoms with Crippen LogP contribution in [0.5, 0.6) is 5.75 Å². The summed E-state index contributed by atoms with van der Waals surface area (Å²) >= 11 is 0. The Labute approximate surface area is 114 Å². The lowest BCUT2D eigenvalue weighted by molar-refractivity contribution is 0.0874. The van der Waals surface area contributed by atoms with E-state index in [0.29, 0.717) is 17.9 Å². The van der Waals surface area contributed by atoms with Gasteiger partial charge >= 0.3 is 0 Å². The molecule has 2 unspecified atom stereocenters. The molecule has 0 aliphatic carbocycles. The topological polar surface area (TPSA) is 38.3 Å². The number of fused-ring (bicyclic) bond motifs is 2. The van der Waals surface area contributed by atoms with Crippen molar-refractivity contribution in [3.8, 4) is 5.75 Å². The summed E-state index contributed by atoms with van der Waals surface area (Å²) in [5.41, 5.74) is 1.89. The molecule has 3 rings (SSSR count). The van der Waals surface area contributed by atoms with Crippen LogP contribution in [-0.4, -0.2) is 25.0 Å². The SMILES string of the molecule is COc1ccc(C)c(C(=O)C2CC3CCC(C2)N3)c1. The Bertz CT molecular complexity index is 486. The highest BCUT2D eigenvalue weighted by Crippen LogP contribution is 2.33. The van der Waals surface area contributed by atoms with Crippen LogP contribution in [0.25, 0.3) is 0 Å². The van der Waals surface area contributed by atoms with Crippen molar-refractivity contribution in [1.29, 1.82) is 0 Å². The molecule has 0 saturated carbocycles. The number of methoxy groups -OCH3 is 1. The van der Waals surface area contributed by atoms with E-state index in [1.54, 1.807) is 7.11 Å². The van der Waals surface area contributed by atoms with Crippen LogP contribution >= 0.6 is 0 Å². The highest BCUT2D eigenvalue weighted by atomic mass is 16.5. The number of carbonyl (C=O) groups excluding carboxylic acids is 1. The number of benzene rings is 1. The molecule has 3 heteroatoms. The van der Waals surface area contributed by atoms with Gasteiger partial charge in [0.05, 0.1) is 7.11 Å². The van der Waals surface area contributed by atoms with E-state index in [1.165, 1.54) is 12.8 Å². The van der Waals surface area contributed by atoms with E-state index in [0.717, 1.165) is 29.7 Å². The van der Waals surface area contributed by atoms with E-state index in [2.05, 4.69) is 5.32 Å². The molecular formula is C16H21NO2. The number of nitrogens with one attached hydrogen (secondary N) is 1. The molecule has 2 aliphatic rings. The second kappa shape index (κ2) is 4.97. The minimum atomic E-state index is 0.185. The molecule has 2 fully saturated rings. The zero-order valence-corrected chi connectivity index (χ0v) is 11.6. The van der Waals surface area contributed by atoms with Gasteiger partial charge in [-0.3, -0.25) is 4.79 Å². The van der Waals surface area contributed by atoms with Crippen LogP contribution < -0.4 is 10.1 Å². The fraction of sp³-hybridized carbons (Fsp3) is 0.562. The first-order valence-electron chi connectivity index (χ1n) is 7.12. The molecule has 0 amide bonds. The fourth-order valence-electron chi connectivity index (χ4n) is 3.48. The molecule has 1 aromatic rings. The van der Waals surface area contributed by atoms with Crippen LogP contribution in [-0.2, 0) is 0 Å². The van der Waals surface area contributed by atoms with Crippen LogP contribution in [0.15, 0.2) is 18.2 Å². The summed E-state index contributed by atoms with van der Waals surface area (Å²) < 4.78 is 5.24. The third kappa shape index (κ3) is 2.39. The molecule has 2 saturated heterocycles. The highest BCUT2D eigenvalue weighted by molar-refractivity contribution is 5.99. The van der Waals surface area contributed by atoms with Crippen molar-refractivity contribution >= 4 is 5.78 Å². The first kappa shape index (κ1) is 12.7. The van der Waals surface area contributed by atoms with Gasteiger partial charge in [-0.1, -0.05) is 6.07 Å². The summed E-state index contributed by atoms with van der Waals surface area (Å²) in [5, 5.41) is 3.59. The summed E-state index contributed by atoms with van der Waals surface area (Å²) in [7, 11) is 1.64. The molecule has 1 N–H and O–H groups in total. The smallest absolute Gasteiger partial charge is 0.166 e. The number of piperidine rings is 1. The van der Waals surface area contributed by atoms with Crippen molar-refractivity contribution in [2.45, 2.75) is 44.7 Å². The molecule has 0 radical (unpaired) electrons. The Morgan fingerprint density at radius 2 is 1.95 bits per heavy atom. The van der Waals surface area contributed by atoms with Gasteiger partial charge in [0.1, 0.15) is 5.75 Å². The molecular weight excluding hydrogens is 238 g/mol. The number of carbonyl (C=O) groups is 1. The summed E-state index contributed by atoms with van der Waals surface area (Å²) in [6.45, 7) is 2.00. The van der Waals surface area contributed by atoms with Crippen LogP contribution in [0.2, 0.25) is 0 Å². The fourth-order valence-corrected chi connectivity index (χ4v) is 3.48. The molecule has 102 valence electrons. The van der Waals surface area contributed by atoms with Gasteiger partial charge in [-0.15, -0.1) is 0 Å². The normalized spacial score (nSPS) is 29.3. The molecule has 2 bridgehead atoms. The summed E-state index contributed by atoms with van der Waals surface area (Å²) in [6.07, 6.45) is 4.44. The van der Waals surface area contributed by atoms with Gasteiger partial charge in [0.2, 0.25) is 0 Å². The predicted octanol–water partition coefficient (Wildman–Crippen LogP) is 2.72. The van der Waals surface area contributed by atoms with Crippen molar-refractivity contribution in [3.05, 3.63) is 29.3 Å². The van der Waals surface area contributed by atoms with Gasteiger partial charge in [-0.25, -0.2) is 0 Å². The van der Waals surface area contributed by atoms with E-state index >= 15 is 0 Å². The second-order valence-electron chi connectivity index (χ2n) is 5.85. The molecule has 2 aliphatic heterocycles. The van der Waals surface area contributed by atoms with E-state index in [1.807, 2.05) is 25.1 Å². The Balaban J connectivity index is 1.83. The van der Waals surface area contributed by atoms with Gasteiger partial charge in [0.15, 0.2) is 5.78 Å². The van der Waals surface area contributed by atoms with Crippen LogP contribution in [0.4, 0.5) is 0 Å². The van der Waals surface area contributed by atoms with Gasteiger partial charge in [0, 0.05) is 23.6 Å². The average molecular weight is 259 g/mol. The van der Waals surface area contributed by atoms with Gasteiger partial charge in [0.25, 0.3) is 0 Å². The van der Waals surface area contributed by atoms with Crippen molar-refractivity contribution in [3.63, 3.8) is 0 Å². The summed E-state index contributed by atoms with van der Waals surface area (Å²) in [4.78, 5) is 12.7. The largest absolute Gasteiger partial charge is 0.497 e. The molecule has 0 aromatic heterocycles. The molecule has 0 spiro atoms. The zero-order valence-electron chi connectivity index (χ0n) is 11.6. The lowest BCUT2D eigenvalue weighted by Crippen LogP contribution is -2.40. The minimum absolute atomic E-state index is 0.185. The van der Waals surface area contributed by atoms with Crippen molar-refractivity contribution in [2.24, 2.45) is 5.92 Å². The number of ketones is 1. The Hall–Kier alpha value is -1.35. The Kier molecular flexibility index (Phi) is 3.31. The van der Waals surface area contributed by atoms with E-state index in [4.69, 9.17) is 4.74 Å². The summed E-state index contributed by atoms with van der Waals surface area (Å²) in [6, 6.07) is 6.89. The predicted molar refractivity (Wildman–Crippen MR) is 74.7 cm³/mol. The number of aryl methyl sites for hydroxylation is 1. The molecule has 3 nitrogen and oxygen atoms in total. The highest BCUT2D eigenvalue weighted by Gasteiger charge is 2.37. The Morgan fingerprint density at radius 3 is 2.58 bits per heavy atom. The van der Waals surface area contributed by atoms with E-state index in [9.17, 15) is 4.79 Å². The molecule has 1 aromatic carbocycles. The average Bonchev–Trinajstić information content (AvgIpc) is 2.77. The first-order chi connectivity index (χ1) is 9.17. The minimum Gasteiger partial charge on any atom is -0.497 e. The maximum Gasteiger partial charge on any atom is 0.166 e.